The van der Waals surface area contributed by atoms with Crippen molar-refractivity contribution in [2.24, 2.45) is 0 Å². The highest BCUT2D eigenvalue weighted by Gasteiger charge is 2.05. The Bertz CT molecular complexity index is 627. The maximum absolute atomic E-state index is 12.0. The van der Waals surface area contributed by atoms with Crippen LogP contribution >= 0.6 is 0 Å². The minimum atomic E-state index is 0.0519. The SMILES string of the molecule is CC(=O)c1ccc(NCCC(=O)c2ccc(C)cc2)cc1. The predicted molar refractivity (Wildman–Crippen MR) is 85.1 cm³/mol. The van der Waals surface area contributed by atoms with Gasteiger partial charge in [-0.25, -0.2) is 0 Å². The zero-order valence-electron chi connectivity index (χ0n) is 12.3. The van der Waals surface area contributed by atoms with Gasteiger partial charge >= 0.3 is 0 Å². The van der Waals surface area contributed by atoms with Gasteiger partial charge < -0.3 is 5.32 Å². The third-order valence-electron chi connectivity index (χ3n) is 3.35. The highest BCUT2D eigenvalue weighted by Crippen LogP contribution is 2.11. The van der Waals surface area contributed by atoms with Crippen molar-refractivity contribution in [2.45, 2.75) is 20.3 Å². The maximum Gasteiger partial charge on any atom is 0.164 e. The van der Waals surface area contributed by atoms with E-state index in [1.165, 1.54) is 0 Å². The van der Waals surface area contributed by atoms with Gasteiger partial charge in [0.15, 0.2) is 11.6 Å². The van der Waals surface area contributed by atoms with Crippen LogP contribution in [0.4, 0.5) is 5.69 Å². The van der Waals surface area contributed by atoms with Crippen molar-refractivity contribution in [3.05, 3.63) is 65.2 Å². The number of aryl methyl sites for hydroxylation is 1. The van der Waals surface area contributed by atoms with Crippen LogP contribution in [0, 0.1) is 6.92 Å². The number of ketones is 2. The first-order chi connectivity index (χ1) is 10.1. The molecule has 0 amide bonds. The molecule has 0 radical (unpaired) electrons. The van der Waals surface area contributed by atoms with Crippen LogP contribution in [0.2, 0.25) is 0 Å². The molecule has 2 aromatic carbocycles. The fraction of sp³-hybridized carbons (Fsp3) is 0.222. The van der Waals surface area contributed by atoms with E-state index in [2.05, 4.69) is 5.32 Å². The van der Waals surface area contributed by atoms with Crippen LogP contribution in [-0.4, -0.2) is 18.1 Å². The summed E-state index contributed by atoms with van der Waals surface area (Å²) in [6.07, 6.45) is 0.442. The van der Waals surface area contributed by atoms with E-state index in [-0.39, 0.29) is 11.6 Å². The second-order valence-corrected chi connectivity index (χ2v) is 5.10. The normalized spacial score (nSPS) is 10.2. The zero-order valence-corrected chi connectivity index (χ0v) is 12.3. The van der Waals surface area contributed by atoms with E-state index in [1.807, 2.05) is 43.3 Å². The highest BCUT2D eigenvalue weighted by molar-refractivity contribution is 5.96. The number of carbonyl (C=O) groups excluding carboxylic acids is 2. The van der Waals surface area contributed by atoms with Gasteiger partial charge in [0.25, 0.3) is 0 Å². The molecule has 0 atom stereocenters. The molecule has 0 spiro atoms. The Labute approximate surface area is 125 Å². The summed E-state index contributed by atoms with van der Waals surface area (Å²) >= 11 is 0. The van der Waals surface area contributed by atoms with Crippen LogP contribution in [0.25, 0.3) is 0 Å². The molecule has 3 nitrogen and oxygen atoms in total. The van der Waals surface area contributed by atoms with Crippen molar-refractivity contribution in [3.63, 3.8) is 0 Å². The van der Waals surface area contributed by atoms with Crippen molar-refractivity contribution in [1.29, 1.82) is 0 Å². The number of rotatable bonds is 6. The van der Waals surface area contributed by atoms with Crippen LogP contribution in [0.3, 0.4) is 0 Å². The first-order valence-electron chi connectivity index (χ1n) is 7.01. The summed E-state index contributed by atoms with van der Waals surface area (Å²) in [5.41, 5.74) is 3.50. The molecule has 0 unspecified atom stereocenters. The Morgan fingerprint density at radius 1 is 0.905 bits per heavy atom. The lowest BCUT2D eigenvalue weighted by atomic mass is 10.1. The number of hydrogen-bond donors (Lipinski definition) is 1. The molecule has 0 bridgehead atoms. The Morgan fingerprint density at radius 3 is 2.05 bits per heavy atom. The molecule has 21 heavy (non-hydrogen) atoms. The van der Waals surface area contributed by atoms with Gasteiger partial charge in [-0.2, -0.15) is 0 Å². The van der Waals surface area contributed by atoms with E-state index in [4.69, 9.17) is 0 Å². The van der Waals surface area contributed by atoms with Crippen LogP contribution < -0.4 is 5.32 Å². The predicted octanol–water partition coefficient (Wildman–Crippen LogP) is 3.88. The average Bonchev–Trinajstić information content (AvgIpc) is 2.48. The third-order valence-corrected chi connectivity index (χ3v) is 3.35. The Kier molecular flexibility index (Phi) is 4.88. The molecule has 0 aliphatic carbocycles. The van der Waals surface area contributed by atoms with Crippen molar-refractivity contribution in [2.75, 3.05) is 11.9 Å². The van der Waals surface area contributed by atoms with Crippen LogP contribution in [0.1, 0.15) is 39.6 Å². The molecule has 0 aliphatic heterocycles. The smallest absolute Gasteiger partial charge is 0.164 e. The second-order valence-electron chi connectivity index (χ2n) is 5.10. The number of Topliss-reactive ketones (excluding diaryl/α,β-unsaturated/α-hetero) is 2. The fourth-order valence-electron chi connectivity index (χ4n) is 2.03. The lowest BCUT2D eigenvalue weighted by Gasteiger charge is -2.07. The Balaban J connectivity index is 1.85. The maximum atomic E-state index is 12.0. The third kappa shape index (κ3) is 4.28. The molecule has 0 fully saturated rings. The van der Waals surface area contributed by atoms with Crippen LogP contribution in [-0.2, 0) is 0 Å². The lowest BCUT2D eigenvalue weighted by molar-refractivity contribution is 0.0984. The van der Waals surface area contributed by atoms with Gasteiger partial charge in [-0.15, -0.1) is 0 Å². The summed E-state index contributed by atoms with van der Waals surface area (Å²) in [5.74, 6) is 0.180. The van der Waals surface area contributed by atoms with E-state index < -0.39 is 0 Å². The van der Waals surface area contributed by atoms with Gasteiger partial charge in [0.05, 0.1) is 0 Å². The standard InChI is InChI=1S/C18H19NO2/c1-13-3-5-16(6-4-13)18(21)11-12-19-17-9-7-15(8-10-17)14(2)20/h3-10,19H,11-12H2,1-2H3. The summed E-state index contributed by atoms with van der Waals surface area (Å²) in [7, 11) is 0. The zero-order chi connectivity index (χ0) is 15.2. The molecule has 0 saturated heterocycles. The van der Waals surface area contributed by atoms with Crippen molar-refractivity contribution >= 4 is 17.3 Å². The molecule has 2 aromatic rings. The first-order valence-corrected chi connectivity index (χ1v) is 7.01. The molecule has 3 heteroatoms. The van der Waals surface area contributed by atoms with Gasteiger partial charge in [-0.1, -0.05) is 29.8 Å². The first kappa shape index (κ1) is 15.0. The highest BCUT2D eigenvalue weighted by atomic mass is 16.1. The van der Waals surface area contributed by atoms with Crippen molar-refractivity contribution in [3.8, 4) is 0 Å². The lowest BCUT2D eigenvalue weighted by Crippen LogP contribution is -2.09. The van der Waals surface area contributed by atoms with Gasteiger partial charge in [0.1, 0.15) is 0 Å². The van der Waals surface area contributed by atoms with Gasteiger partial charge in [-0.3, -0.25) is 9.59 Å². The molecule has 2 rings (SSSR count). The second kappa shape index (κ2) is 6.84. The quantitative estimate of drug-likeness (QED) is 0.817. The number of benzene rings is 2. The summed E-state index contributed by atoms with van der Waals surface area (Å²) in [5, 5.41) is 3.19. The molecule has 1 N–H and O–H groups in total. The number of hydrogen-bond acceptors (Lipinski definition) is 3. The topological polar surface area (TPSA) is 46.2 Å². The molecule has 108 valence electrons. The molecular formula is C18H19NO2. The van der Waals surface area contributed by atoms with E-state index in [1.54, 1.807) is 19.1 Å². The monoisotopic (exact) mass is 281 g/mol. The summed E-state index contributed by atoms with van der Waals surface area (Å²) < 4.78 is 0. The van der Waals surface area contributed by atoms with E-state index in [0.29, 0.717) is 18.5 Å². The number of nitrogens with one attached hydrogen (secondary N) is 1. The van der Waals surface area contributed by atoms with Crippen molar-refractivity contribution < 1.29 is 9.59 Å². The molecule has 0 heterocycles. The van der Waals surface area contributed by atoms with E-state index >= 15 is 0 Å². The summed E-state index contributed by atoms with van der Waals surface area (Å²) in [4.78, 5) is 23.2. The van der Waals surface area contributed by atoms with Crippen molar-refractivity contribution in [1.82, 2.24) is 0 Å². The van der Waals surface area contributed by atoms with Gasteiger partial charge in [-0.05, 0) is 38.1 Å². The molecular weight excluding hydrogens is 262 g/mol. The number of anilines is 1. The summed E-state index contributed by atoms with van der Waals surface area (Å²) in [6, 6.07) is 14.9. The summed E-state index contributed by atoms with van der Waals surface area (Å²) in [6.45, 7) is 4.12. The minimum absolute atomic E-state index is 0.0519. The van der Waals surface area contributed by atoms with Crippen LogP contribution in [0.5, 0.6) is 0 Å². The van der Waals surface area contributed by atoms with Gasteiger partial charge in [0, 0.05) is 29.8 Å². The number of carbonyl (C=O) groups is 2. The average molecular weight is 281 g/mol. The van der Waals surface area contributed by atoms with E-state index in [0.717, 1.165) is 16.8 Å². The Hall–Kier alpha value is -2.42. The molecule has 0 aliphatic rings. The Morgan fingerprint density at radius 2 is 1.48 bits per heavy atom. The fourth-order valence-corrected chi connectivity index (χ4v) is 2.03. The van der Waals surface area contributed by atoms with E-state index in [9.17, 15) is 9.59 Å². The minimum Gasteiger partial charge on any atom is -0.385 e. The molecule has 0 aromatic heterocycles. The van der Waals surface area contributed by atoms with Crippen LogP contribution in [0.15, 0.2) is 48.5 Å². The molecule has 0 saturated carbocycles. The largest absolute Gasteiger partial charge is 0.385 e. The van der Waals surface area contributed by atoms with Gasteiger partial charge in [0.2, 0.25) is 0 Å².